The monoisotopic (exact) mass is 402 g/mol. The number of ether oxygens (including phenoxy) is 1. The third-order valence-corrected chi connectivity index (χ3v) is 5.42. The molecule has 0 saturated carbocycles. The summed E-state index contributed by atoms with van der Waals surface area (Å²) in [5, 5.41) is 9.91. The van der Waals surface area contributed by atoms with Crippen molar-refractivity contribution in [2.45, 2.75) is 31.8 Å². The van der Waals surface area contributed by atoms with Crippen molar-refractivity contribution in [2.75, 3.05) is 6.61 Å². The van der Waals surface area contributed by atoms with E-state index < -0.39 is 51.9 Å². The Labute approximate surface area is 139 Å². The van der Waals surface area contributed by atoms with E-state index in [1.165, 1.54) is 13.1 Å². The minimum atomic E-state index is -5.26. The number of aromatic amines is 1. The Morgan fingerprint density at radius 1 is 1.36 bits per heavy atom. The highest BCUT2D eigenvalue weighted by Crippen LogP contribution is 2.57. The summed E-state index contributed by atoms with van der Waals surface area (Å²) in [5.41, 5.74) is -1.12. The molecule has 2 rings (SSSR count). The van der Waals surface area contributed by atoms with Crippen molar-refractivity contribution in [1.82, 2.24) is 9.55 Å². The van der Waals surface area contributed by atoms with E-state index in [0.717, 1.165) is 4.57 Å². The first-order valence-electron chi connectivity index (χ1n) is 6.78. The number of phosphoric acid groups is 2. The van der Waals surface area contributed by atoms with Crippen molar-refractivity contribution in [1.29, 1.82) is 0 Å². The molecule has 0 amide bonds. The van der Waals surface area contributed by atoms with E-state index in [2.05, 4.69) is 13.8 Å². The number of rotatable bonds is 6. The van der Waals surface area contributed by atoms with Crippen molar-refractivity contribution < 1.29 is 42.5 Å². The fourth-order valence-corrected chi connectivity index (χ4v) is 3.76. The highest BCUT2D eigenvalue weighted by atomic mass is 31.3. The van der Waals surface area contributed by atoms with Crippen LogP contribution >= 0.6 is 15.6 Å². The van der Waals surface area contributed by atoms with Crippen LogP contribution in [-0.4, -0.2) is 48.2 Å². The maximum atomic E-state index is 11.8. The van der Waals surface area contributed by atoms with Crippen molar-refractivity contribution in [3.05, 3.63) is 32.6 Å². The van der Waals surface area contributed by atoms with Gasteiger partial charge in [0.15, 0.2) is 0 Å². The molecule has 13 nitrogen and oxygen atoms in total. The number of nitrogens with one attached hydrogen (secondary N) is 1. The predicted molar refractivity (Wildman–Crippen MR) is 79.5 cm³/mol. The highest BCUT2D eigenvalue weighted by Gasteiger charge is 2.39. The topological polar surface area (TPSA) is 198 Å². The van der Waals surface area contributed by atoms with Gasteiger partial charge < -0.3 is 24.5 Å². The van der Waals surface area contributed by atoms with Gasteiger partial charge in [0.25, 0.3) is 5.56 Å². The smallest absolute Gasteiger partial charge is 0.390 e. The van der Waals surface area contributed by atoms with Crippen molar-refractivity contribution >= 4 is 15.6 Å². The van der Waals surface area contributed by atoms with Gasteiger partial charge in [-0.15, -0.1) is 0 Å². The Bertz CT molecular complexity index is 842. The van der Waals surface area contributed by atoms with Crippen LogP contribution in [0, 0.1) is 6.92 Å². The molecule has 1 fully saturated rings. The van der Waals surface area contributed by atoms with Gasteiger partial charge in [-0.05, 0) is 6.92 Å². The number of nitrogens with zero attached hydrogens (tertiary/aromatic N) is 1. The maximum absolute atomic E-state index is 11.8. The molecule has 0 aromatic carbocycles. The molecule has 0 spiro atoms. The molecule has 2 heterocycles. The third-order valence-electron chi connectivity index (χ3n) is 3.27. The first-order valence-corrected chi connectivity index (χ1v) is 9.80. The Hall–Kier alpha value is -1.14. The summed E-state index contributed by atoms with van der Waals surface area (Å²) < 4.78 is 36.3. The minimum Gasteiger partial charge on any atom is -0.390 e. The number of phosphoric ester groups is 1. The Morgan fingerprint density at radius 2 is 2.00 bits per heavy atom. The van der Waals surface area contributed by atoms with Gasteiger partial charge in [0, 0.05) is 18.2 Å². The molecule has 1 saturated heterocycles. The molecule has 1 unspecified atom stereocenters. The number of aromatic nitrogens is 2. The zero-order valence-corrected chi connectivity index (χ0v) is 14.5. The van der Waals surface area contributed by atoms with Crippen LogP contribution in [0.1, 0.15) is 18.2 Å². The molecule has 142 valence electrons. The van der Waals surface area contributed by atoms with E-state index in [0.29, 0.717) is 0 Å². The Morgan fingerprint density at radius 3 is 2.60 bits per heavy atom. The number of aryl methyl sites for hydroxylation is 1. The van der Waals surface area contributed by atoms with Gasteiger partial charge >= 0.3 is 21.3 Å². The maximum Gasteiger partial charge on any atom is 0.481 e. The van der Waals surface area contributed by atoms with Crippen LogP contribution in [0.5, 0.6) is 0 Å². The highest BCUT2D eigenvalue weighted by molar-refractivity contribution is 7.60. The molecule has 0 bridgehead atoms. The van der Waals surface area contributed by atoms with Crippen molar-refractivity contribution in [3.8, 4) is 0 Å². The zero-order valence-electron chi connectivity index (χ0n) is 12.7. The van der Waals surface area contributed by atoms with E-state index in [-0.39, 0.29) is 12.0 Å². The molecular weight excluding hydrogens is 386 g/mol. The van der Waals surface area contributed by atoms with Crippen LogP contribution < -0.4 is 11.2 Å². The van der Waals surface area contributed by atoms with Crippen molar-refractivity contribution in [2.24, 2.45) is 0 Å². The van der Waals surface area contributed by atoms with Gasteiger partial charge in [0.05, 0.1) is 12.7 Å². The minimum absolute atomic E-state index is 0.0888. The van der Waals surface area contributed by atoms with Gasteiger partial charge in [0.1, 0.15) is 12.3 Å². The lowest BCUT2D eigenvalue weighted by Gasteiger charge is -2.18. The van der Waals surface area contributed by atoms with Crippen LogP contribution in [0.4, 0.5) is 0 Å². The Kier molecular flexibility index (Phi) is 5.84. The molecule has 1 aliphatic rings. The summed E-state index contributed by atoms with van der Waals surface area (Å²) in [6.07, 6.45) is -2.22. The van der Waals surface area contributed by atoms with Crippen LogP contribution in [0.3, 0.4) is 0 Å². The molecule has 4 atom stereocenters. The number of H-pyrrole nitrogens is 1. The largest absolute Gasteiger partial charge is 0.481 e. The van der Waals surface area contributed by atoms with Gasteiger partial charge in [-0.25, -0.2) is 13.9 Å². The van der Waals surface area contributed by atoms with E-state index in [1.807, 2.05) is 0 Å². The summed E-state index contributed by atoms with van der Waals surface area (Å²) in [7, 11) is -10.3. The number of aliphatic hydroxyl groups excluding tert-OH is 1. The van der Waals surface area contributed by atoms with Crippen LogP contribution in [0.25, 0.3) is 0 Å². The SMILES string of the molecule is Cc1cn([C@H]2C[C@H](O)[C@H](COP(=O)(O)OP(=O)(O)O)O2)c(=O)[nH]c1=O. The lowest BCUT2D eigenvalue weighted by atomic mass is 10.2. The standard InChI is InChI=1S/C10H16N2O11P2/c1-5-3-12(10(15)11-9(5)14)8-2-6(13)7(22-8)4-21-25(19,20)23-24(16,17)18/h3,6-8,13H,2,4H2,1H3,(H,19,20)(H,11,14,15)(H2,16,17,18)/t6-,7-,8+/m0/s1. The van der Waals surface area contributed by atoms with E-state index in [9.17, 15) is 28.7 Å². The molecule has 0 radical (unpaired) electrons. The molecular formula is C10H16N2O11P2. The van der Waals surface area contributed by atoms with Gasteiger partial charge in [0.2, 0.25) is 0 Å². The van der Waals surface area contributed by atoms with E-state index >= 15 is 0 Å². The third kappa shape index (κ3) is 5.42. The second kappa shape index (κ2) is 7.23. The molecule has 1 aromatic rings. The van der Waals surface area contributed by atoms with E-state index in [1.54, 1.807) is 0 Å². The average Bonchev–Trinajstić information content (AvgIpc) is 2.79. The first-order chi connectivity index (χ1) is 11.4. The number of hydrogen-bond donors (Lipinski definition) is 5. The summed E-state index contributed by atoms with van der Waals surface area (Å²) in [6, 6.07) is 0. The molecule has 5 N–H and O–H groups in total. The van der Waals surface area contributed by atoms with Crippen LogP contribution in [-0.2, 0) is 22.7 Å². The van der Waals surface area contributed by atoms with Gasteiger partial charge in [-0.2, -0.15) is 4.31 Å². The Balaban J connectivity index is 2.06. The summed E-state index contributed by atoms with van der Waals surface area (Å²) >= 11 is 0. The lowest BCUT2D eigenvalue weighted by molar-refractivity contribution is -0.0450. The molecule has 15 heteroatoms. The summed E-state index contributed by atoms with van der Waals surface area (Å²) in [4.78, 5) is 51.4. The van der Waals surface area contributed by atoms with Gasteiger partial charge in [-0.3, -0.25) is 18.9 Å². The molecule has 25 heavy (non-hydrogen) atoms. The second-order valence-corrected chi connectivity index (χ2v) is 8.08. The number of hydrogen-bond acceptors (Lipinski definition) is 8. The molecule has 1 aliphatic heterocycles. The lowest BCUT2D eigenvalue weighted by Crippen LogP contribution is -2.33. The van der Waals surface area contributed by atoms with Crippen molar-refractivity contribution in [3.63, 3.8) is 0 Å². The fraction of sp³-hybridized carbons (Fsp3) is 0.600. The number of aliphatic hydroxyl groups is 1. The summed E-state index contributed by atoms with van der Waals surface area (Å²) in [5.74, 6) is 0. The fourth-order valence-electron chi connectivity index (χ4n) is 2.16. The normalized spacial score (nSPS) is 26.5. The van der Waals surface area contributed by atoms with E-state index in [4.69, 9.17) is 14.5 Å². The van der Waals surface area contributed by atoms with Crippen LogP contribution in [0.15, 0.2) is 15.8 Å². The van der Waals surface area contributed by atoms with Crippen LogP contribution in [0.2, 0.25) is 0 Å². The predicted octanol–water partition coefficient (Wildman–Crippen LogP) is -1.28. The molecule has 0 aliphatic carbocycles. The van der Waals surface area contributed by atoms with Gasteiger partial charge in [-0.1, -0.05) is 0 Å². The average molecular weight is 402 g/mol. The first kappa shape index (κ1) is 20.2. The second-order valence-electron chi connectivity index (χ2n) is 5.25. The zero-order chi connectivity index (χ0) is 19.0. The summed E-state index contributed by atoms with van der Waals surface area (Å²) in [6.45, 7) is 0.727. The molecule has 1 aromatic heterocycles. The quantitative estimate of drug-likeness (QED) is 0.355.